The van der Waals surface area contributed by atoms with E-state index in [4.69, 9.17) is 16.3 Å². The molecule has 0 N–H and O–H groups in total. The maximum absolute atomic E-state index is 12.7. The molecule has 2 aliphatic heterocycles. The lowest BCUT2D eigenvalue weighted by molar-refractivity contribution is -0.170. The van der Waals surface area contributed by atoms with E-state index in [2.05, 4.69) is 9.88 Å². The first-order valence-corrected chi connectivity index (χ1v) is 8.19. The minimum Gasteiger partial charge on any atom is -0.362 e. The lowest BCUT2D eigenvalue weighted by Gasteiger charge is -2.42. The van der Waals surface area contributed by atoms with E-state index in [0.29, 0.717) is 18.2 Å². The molecule has 2 saturated heterocycles. The van der Waals surface area contributed by atoms with E-state index >= 15 is 0 Å². The lowest BCUT2D eigenvalue weighted by atomic mass is 9.94. The van der Waals surface area contributed by atoms with Crippen molar-refractivity contribution >= 4 is 17.5 Å². The van der Waals surface area contributed by atoms with Crippen LogP contribution in [0.4, 0.5) is 0 Å². The minimum absolute atomic E-state index is 0.124. The largest absolute Gasteiger partial charge is 0.362 e. The van der Waals surface area contributed by atoms with E-state index < -0.39 is 5.60 Å². The molecule has 1 aromatic rings. The Hall–Kier alpha value is -1.17. The first-order valence-electron chi connectivity index (χ1n) is 7.81. The highest BCUT2D eigenvalue weighted by molar-refractivity contribution is 6.30. The van der Waals surface area contributed by atoms with Gasteiger partial charge in [-0.2, -0.15) is 0 Å². The molecule has 5 nitrogen and oxygen atoms in total. The summed E-state index contributed by atoms with van der Waals surface area (Å²) >= 11 is 5.88. The van der Waals surface area contributed by atoms with Crippen LogP contribution in [0.2, 0.25) is 5.02 Å². The quantitative estimate of drug-likeness (QED) is 0.834. The lowest BCUT2D eigenvalue weighted by Crippen LogP contribution is -2.59. The molecule has 1 atom stereocenters. The molecule has 2 aliphatic rings. The predicted molar refractivity (Wildman–Crippen MR) is 84.7 cm³/mol. The molecular weight excluding hydrogens is 302 g/mol. The van der Waals surface area contributed by atoms with Gasteiger partial charge < -0.3 is 9.64 Å². The fourth-order valence-corrected chi connectivity index (χ4v) is 3.43. The van der Waals surface area contributed by atoms with Gasteiger partial charge in [0.05, 0.1) is 17.3 Å². The zero-order valence-corrected chi connectivity index (χ0v) is 13.7. The van der Waals surface area contributed by atoms with Gasteiger partial charge in [-0.05, 0) is 31.4 Å². The molecule has 3 heterocycles. The zero-order chi connectivity index (χ0) is 15.6. The summed E-state index contributed by atoms with van der Waals surface area (Å²) in [6, 6.07) is 3.79. The Labute approximate surface area is 136 Å². The van der Waals surface area contributed by atoms with E-state index in [0.717, 1.165) is 44.6 Å². The maximum atomic E-state index is 12.7. The molecule has 0 aromatic carbocycles. The maximum Gasteiger partial charge on any atom is 0.255 e. The van der Waals surface area contributed by atoms with Crippen LogP contribution in [0.25, 0.3) is 0 Å². The molecule has 0 radical (unpaired) electrons. The third-order valence-corrected chi connectivity index (χ3v) is 4.72. The van der Waals surface area contributed by atoms with E-state index in [9.17, 15) is 4.79 Å². The van der Waals surface area contributed by atoms with Gasteiger partial charge in [0, 0.05) is 39.4 Å². The van der Waals surface area contributed by atoms with Gasteiger partial charge in [0.2, 0.25) is 0 Å². The summed E-state index contributed by atoms with van der Waals surface area (Å²) in [4.78, 5) is 21.1. The number of hydrogen-bond donors (Lipinski definition) is 0. The molecule has 0 bridgehead atoms. The molecule has 1 unspecified atom stereocenters. The molecule has 0 aliphatic carbocycles. The van der Waals surface area contributed by atoms with Crippen LogP contribution in [0.3, 0.4) is 0 Å². The highest BCUT2D eigenvalue weighted by Gasteiger charge is 2.45. The predicted octanol–water partition coefficient (Wildman–Crippen LogP) is 1.95. The van der Waals surface area contributed by atoms with Crippen molar-refractivity contribution in [2.75, 3.05) is 33.3 Å². The Balaban J connectivity index is 1.72. The molecular formula is C16H22ClN3O2. The summed E-state index contributed by atoms with van der Waals surface area (Å²) < 4.78 is 5.98. The van der Waals surface area contributed by atoms with Crippen molar-refractivity contribution in [3.05, 3.63) is 29.0 Å². The second-order valence-corrected chi connectivity index (χ2v) is 6.64. The van der Waals surface area contributed by atoms with Gasteiger partial charge in [-0.15, -0.1) is 0 Å². The summed E-state index contributed by atoms with van der Waals surface area (Å²) in [6.07, 6.45) is 4.55. The second-order valence-electron chi connectivity index (χ2n) is 6.20. The smallest absolute Gasteiger partial charge is 0.255 e. The van der Waals surface area contributed by atoms with Crippen LogP contribution in [0.15, 0.2) is 18.3 Å². The number of carbonyl (C=O) groups excluding carboxylic acids is 1. The van der Waals surface area contributed by atoms with E-state index in [1.807, 2.05) is 24.1 Å². The number of aromatic nitrogens is 1. The Morgan fingerprint density at radius 1 is 1.36 bits per heavy atom. The first kappa shape index (κ1) is 15.7. The second kappa shape index (κ2) is 6.52. The van der Waals surface area contributed by atoms with Gasteiger partial charge in [0.25, 0.3) is 5.91 Å². The SMILES string of the molecule is CN1CCCCC2(CN(Cc3ccc(Cl)cn3)CCO2)C1=O. The normalized spacial score (nSPS) is 27.2. The fraction of sp³-hybridized carbons (Fsp3) is 0.625. The van der Waals surface area contributed by atoms with Crippen LogP contribution in [0.5, 0.6) is 0 Å². The third kappa shape index (κ3) is 3.26. The van der Waals surface area contributed by atoms with Crippen LogP contribution in [0, 0.1) is 0 Å². The van der Waals surface area contributed by atoms with Crippen LogP contribution in [-0.2, 0) is 16.1 Å². The van der Waals surface area contributed by atoms with Gasteiger partial charge in [-0.3, -0.25) is 14.7 Å². The average molecular weight is 324 g/mol. The third-order valence-electron chi connectivity index (χ3n) is 4.50. The number of morpholine rings is 1. The van der Waals surface area contributed by atoms with Crippen molar-refractivity contribution in [2.45, 2.75) is 31.4 Å². The van der Waals surface area contributed by atoms with Gasteiger partial charge in [0.1, 0.15) is 0 Å². The van der Waals surface area contributed by atoms with Crippen molar-refractivity contribution in [1.29, 1.82) is 0 Å². The Morgan fingerprint density at radius 3 is 3.00 bits per heavy atom. The first-order chi connectivity index (χ1) is 10.6. The van der Waals surface area contributed by atoms with E-state index in [1.165, 1.54) is 0 Å². The number of amides is 1. The van der Waals surface area contributed by atoms with Crippen LogP contribution in [-0.4, -0.2) is 59.6 Å². The fourth-order valence-electron chi connectivity index (χ4n) is 3.32. The molecule has 1 aromatic heterocycles. The monoisotopic (exact) mass is 323 g/mol. The van der Waals surface area contributed by atoms with Crippen molar-refractivity contribution in [2.24, 2.45) is 0 Å². The molecule has 22 heavy (non-hydrogen) atoms. The zero-order valence-electron chi connectivity index (χ0n) is 12.9. The van der Waals surface area contributed by atoms with Crippen molar-refractivity contribution in [1.82, 2.24) is 14.8 Å². The van der Waals surface area contributed by atoms with Crippen LogP contribution in [0.1, 0.15) is 25.0 Å². The number of likely N-dealkylation sites (N-methyl/N-ethyl adjacent to an activating group) is 1. The number of ether oxygens (including phenoxy) is 1. The summed E-state index contributed by atoms with van der Waals surface area (Å²) in [5.74, 6) is 0.124. The number of hydrogen-bond acceptors (Lipinski definition) is 4. The number of halogens is 1. The molecule has 1 amide bonds. The topological polar surface area (TPSA) is 45.7 Å². The average Bonchev–Trinajstić information content (AvgIpc) is 2.64. The number of pyridine rings is 1. The van der Waals surface area contributed by atoms with Gasteiger partial charge in [-0.25, -0.2) is 0 Å². The number of likely N-dealkylation sites (tertiary alicyclic amines) is 1. The van der Waals surface area contributed by atoms with Gasteiger partial charge in [0.15, 0.2) is 5.60 Å². The summed E-state index contributed by atoms with van der Waals surface area (Å²) in [7, 11) is 1.87. The molecule has 0 saturated carbocycles. The number of rotatable bonds is 2. The summed E-state index contributed by atoms with van der Waals surface area (Å²) in [5.41, 5.74) is 0.298. The summed E-state index contributed by atoms with van der Waals surface area (Å²) in [5, 5.41) is 0.641. The van der Waals surface area contributed by atoms with E-state index in [-0.39, 0.29) is 5.91 Å². The molecule has 120 valence electrons. The molecule has 1 spiro atoms. The number of nitrogens with zero attached hydrogens (tertiary/aromatic N) is 3. The molecule has 6 heteroatoms. The Morgan fingerprint density at radius 2 is 2.23 bits per heavy atom. The highest BCUT2D eigenvalue weighted by atomic mass is 35.5. The van der Waals surface area contributed by atoms with Gasteiger partial charge in [-0.1, -0.05) is 11.6 Å². The molecule has 3 rings (SSSR count). The van der Waals surface area contributed by atoms with Crippen LogP contribution < -0.4 is 0 Å². The molecule has 2 fully saturated rings. The van der Waals surface area contributed by atoms with Crippen molar-refractivity contribution in [3.63, 3.8) is 0 Å². The van der Waals surface area contributed by atoms with Crippen LogP contribution >= 0.6 is 11.6 Å². The van der Waals surface area contributed by atoms with E-state index in [1.54, 1.807) is 6.20 Å². The summed E-state index contributed by atoms with van der Waals surface area (Å²) in [6.45, 7) is 3.60. The van der Waals surface area contributed by atoms with Crippen molar-refractivity contribution < 1.29 is 9.53 Å². The Bertz CT molecular complexity index is 537. The minimum atomic E-state index is -0.671. The number of carbonyl (C=O) groups is 1. The Kier molecular flexibility index (Phi) is 4.66. The van der Waals surface area contributed by atoms with Gasteiger partial charge >= 0.3 is 0 Å². The highest BCUT2D eigenvalue weighted by Crippen LogP contribution is 2.29. The standard InChI is InChI=1S/C16H22ClN3O2/c1-19-7-3-2-6-16(15(19)21)12-20(8-9-22-16)11-14-5-4-13(17)10-18-14/h4-5,10H,2-3,6-9,11-12H2,1H3. The van der Waals surface area contributed by atoms with Crippen molar-refractivity contribution in [3.8, 4) is 0 Å².